The largest absolute Gasteiger partial charge is 0.472 e. The minimum absolute atomic E-state index is 0.0717. The Kier molecular flexibility index (Phi) is 28.9. The zero-order valence-corrected chi connectivity index (χ0v) is 33.7. The zero-order valence-electron chi connectivity index (χ0n) is 32.8. The van der Waals surface area contributed by atoms with Gasteiger partial charge in [0, 0.05) is 12.8 Å². The van der Waals surface area contributed by atoms with Crippen LogP contribution in [0.4, 0.5) is 0 Å². The Morgan fingerprint density at radius 1 is 0.574 bits per heavy atom. The summed E-state index contributed by atoms with van der Waals surface area (Å²) in [6.45, 7) is 3.18. The van der Waals surface area contributed by atoms with Gasteiger partial charge in [-0.05, 0) is 51.4 Å². The first-order chi connectivity index (χ1) is 25.9. The Morgan fingerprint density at radius 2 is 1.00 bits per heavy atom. The van der Waals surface area contributed by atoms with Crippen LogP contribution >= 0.6 is 7.82 Å². The number of aliphatic hydroxyl groups excluding tert-OH is 5. The first kappa shape index (κ1) is 50.1. The third-order valence-electron chi connectivity index (χ3n) is 9.23. The van der Waals surface area contributed by atoms with Crippen LogP contribution in [-0.4, -0.2) is 98.3 Å². The van der Waals surface area contributed by atoms with Crippen molar-refractivity contribution in [3.05, 3.63) is 36.5 Å². The van der Waals surface area contributed by atoms with Crippen LogP contribution in [0.15, 0.2) is 36.5 Å². The number of ether oxygens (including phenoxy) is 2. The van der Waals surface area contributed by atoms with E-state index in [2.05, 4.69) is 50.3 Å². The Labute approximate surface area is 323 Å². The van der Waals surface area contributed by atoms with Crippen LogP contribution in [0, 0.1) is 0 Å². The number of carbonyl (C=O) groups excluding carboxylic acids is 2. The summed E-state index contributed by atoms with van der Waals surface area (Å²) in [5.41, 5.74) is 0. The highest BCUT2D eigenvalue weighted by molar-refractivity contribution is 7.47. The van der Waals surface area contributed by atoms with E-state index in [4.69, 9.17) is 18.5 Å². The van der Waals surface area contributed by atoms with Crippen molar-refractivity contribution in [2.75, 3.05) is 13.2 Å². The summed E-state index contributed by atoms with van der Waals surface area (Å²) in [6.07, 6.45) is 19.4. The molecule has 0 aromatic heterocycles. The van der Waals surface area contributed by atoms with Gasteiger partial charge in [0.25, 0.3) is 0 Å². The second-order valence-corrected chi connectivity index (χ2v) is 15.5. The molecule has 0 aliphatic heterocycles. The first-order valence-corrected chi connectivity index (χ1v) is 21.8. The molecule has 1 aliphatic carbocycles. The van der Waals surface area contributed by atoms with Crippen molar-refractivity contribution in [1.82, 2.24) is 0 Å². The number of unbranched alkanes of at least 4 members (excludes halogenated alkanes) is 14. The zero-order chi connectivity index (χ0) is 40.0. The van der Waals surface area contributed by atoms with Gasteiger partial charge in [0.1, 0.15) is 43.2 Å². The van der Waals surface area contributed by atoms with Crippen LogP contribution < -0.4 is 0 Å². The number of allylic oxidation sites excluding steroid dienone is 6. The second kappa shape index (κ2) is 31.2. The van der Waals surface area contributed by atoms with Crippen molar-refractivity contribution in [1.29, 1.82) is 0 Å². The highest BCUT2D eigenvalue weighted by Crippen LogP contribution is 2.47. The summed E-state index contributed by atoms with van der Waals surface area (Å²) in [5.74, 6) is -1.13. The molecule has 54 heavy (non-hydrogen) atoms. The standard InChI is InChI=1S/C40H71O13P/c1-3-5-7-9-11-13-14-15-16-17-18-19-20-21-23-25-27-29-34(42)52-32(30-50-33(41)28-26-24-22-12-10-8-6-4-2)31-51-54(48,49)53-40-38(46)36(44)35(43)37(45)39(40)47/h11,13,15-16,18-19,32,35-40,43-47H,3-10,12,14,17,20-31H2,1-2H3,(H,48,49)/b13-11+,16-15+,19-18+/t32-,35?,36+,37?,38?,39?,40?/m1/s1. The maximum Gasteiger partial charge on any atom is 0.472 e. The molecule has 1 rings (SSSR count). The molecule has 1 fully saturated rings. The summed E-state index contributed by atoms with van der Waals surface area (Å²) in [4.78, 5) is 35.4. The monoisotopic (exact) mass is 790 g/mol. The third kappa shape index (κ3) is 23.9. The van der Waals surface area contributed by atoms with E-state index >= 15 is 0 Å². The van der Waals surface area contributed by atoms with Gasteiger partial charge in [-0.1, -0.05) is 121 Å². The lowest BCUT2D eigenvalue weighted by atomic mass is 9.85. The molecule has 0 heterocycles. The molecule has 314 valence electrons. The maximum absolute atomic E-state index is 12.7. The van der Waals surface area contributed by atoms with Crippen molar-refractivity contribution in [3.8, 4) is 0 Å². The molecule has 0 amide bonds. The molecule has 1 saturated carbocycles. The number of aliphatic hydroxyl groups is 5. The number of hydrogen-bond acceptors (Lipinski definition) is 12. The Hall–Kier alpha value is -1.93. The van der Waals surface area contributed by atoms with Gasteiger partial charge in [0.15, 0.2) is 6.10 Å². The van der Waals surface area contributed by atoms with Gasteiger partial charge in [-0.2, -0.15) is 0 Å². The summed E-state index contributed by atoms with van der Waals surface area (Å²) >= 11 is 0. The van der Waals surface area contributed by atoms with Gasteiger partial charge in [0.05, 0.1) is 6.61 Å². The van der Waals surface area contributed by atoms with Crippen LogP contribution in [-0.2, 0) is 32.7 Å². The van der Waals surface area contributed by atoms with E-state index in [-0.39, 0.29) is 12.8 Å². The predicted molar refractivity (Wildman–Crippen MR) is 207 cm³/mol. The molecule has 8 atom stereocenters. The molecule has 0 saturated heterocycles. The van der Waals surface area contributed by atoms with Crippen molar-refractivity contribution in [2.24, 2.45) is 0 Å². The van der Waals surface area contributed by atoms with E-state index in [1.165, 1.54) is 44.9 Å². The van der Waals surface area contributed by atoms with Crippen LogP contribution in [0.5, 0.6) is 0 Å². The molecule has 13 nitrogen and oxygen atoms in total. The molecule has 0 aromatic carbocycles. The maximum atomic E-state index is 12.7. The highest BCUT2D eigenvalue weighted by Gasteiger charge is 2.51. The molecule has 6 N–H and O–H groups in total. The third-order valence-corrected chi connectivity index (χ3v) is 10.2. The first-order valence-electron chi connectivity index (χ1n) is 20.3. The average Bonchev–Trinajstić information content (AvgIpc) is 3.15. The molecular weight excluding hydrogens is 719 g/mol. The van der Waals surface area contributed by atoms with E-state index in [1.807, 2.05) is 0 Å². The number of rotatable bonds is 32. The summed E-state index contributed by atoms with van der Waals surface area (Å²) in [6, 6.07) is 0. The minimum Gasteiger partial charge on any atom is -0.462 e. The molecule has 0 aromatic rings. The summed E-state index contributed by atoms with van der Waals surface area (Å²) < 4.78 is 33.3. The topological polar surface area (TPSA) is 210 Å². The Morgan fingerprint density at radius 3 is 1.56 bits per heavy atom. The van der Waals surface area contributed by atoms with Crippen LogP contribution in [0.25, 0.3) is 0 Å². The number of esters is 2. The number of carbonyl (C=O) groups is 2. The molecule has 0 bridgehead atoms. The number of phosphoric ester groups is 1. The SMILES string of the molecule is CCCCC/C=C/C/C=C/C/C=C/CCCCCCC(=O)O[C@H](COC(=O)CCCCCCCCCC)COP(=O)(O)OC1C(O)C(O)C(O)[C@H](O)C1O. The van der Waals surface area contributed by atoms with Gasteiger partial charge < -0.3 is 39.9 Å². The Balaban J connectivity index is 2.52. The fourth-order valence-electron chi connectivity index (χ4n) is 5.88. The van der Waals surface area contributed by atoms with Gasteiger partial charge in [0.2, 0.25) is 0 Å². The van der Waals surface area contributed by atoms with Crippen LogP contribution in [0.1, 0.15) is 149 Å². The van der Waals surface area contributed by atoms with Gasteiger partial charge in [-0.3, -0.25) is 18.6 Å². The van der Waals surface area contributed by atoms with E-state index in [1.54, 1.807) is 0 Å². The van der Waals surface area contributed by atoms with E-state index in [0.29, 0.717) is 12.8 Å². The van der Waals surface area contributed by atoms with Crippen molar-refractivity contribution >= 4 is 19.8 Å². The van der Waals surface area contributed by atoms with Crippen LogP contribution in [0.3, 0.4) is 0 Å². The Bertz CT molecular complexity index is 1100. The summed E-state index contributed by atoms with van der Waals surface area (Å²) in [5, 5.41) is 49.9. The molecule has 6 unspecified atom stereocenters. The molecule has 0 radical (unpaired) electrons. The quantitative estimate of drug-likeness (QED) is 0.0183. The van der Waals surface area contributed by atoms with Gasteiger partial charge in [-0.15, -0.1) is 0 Å². The fraction of sp³-hybridized carbons (Fsp3) is 0.800. The van der Waals surface area contributed by atoms with Crippen LogP contribution in [0.2, 0.25) is 0 Å². The predicted octanol–water partition coefficient (Wildman–Crippen LogP) is 6.66. The lowest BCUT2D eigenvalue weighted by Gasteiger charge is -2.41. The average molecular weight is 791 g/mol. The summed E-state index contributed by atoms with van der Waals surface area (Å²) in [7, 11) is -5.11. The molecule has 14 heteroatoms. The van der Waals surface area contributed by atoms with E-state index in [0.717, 1.165) is 64.2 Å². The fourth-order valence-corrected chi connectivity index (χ4v) is 6.85. The van der Waals surface area contributed by atoms with Crippen molar-refractivity contribution in [2.45, 2.75) is 191 Å². The second-order valence-electron chi connectivity index (χ2n) is 14.1. The lowest BCUT2D eigenvalue weighted by Crippen LogP contribution is -2.64. The van der Waals surface area contributed by atoms with Gasteiger partial charge in [-0.25, -0.2) is 4.57 Å². The minimum atomic E-state index is -5.11. The lowest BCUT2D eigenvalue weighted by molar-refractivity contribution is -0.220. The van der Waals surface area contributed by atoms with Gasteiger partial charge >= 0.3 is 19.8 Å². The number of phosphoric acid groups is 1. The number of hydrogen-bond donors (Lipinski definition) is 6. The van der Waals surface area contributed by atoms with E-state index < -0.39 is 75.7 Å². The van der Waals surface area contributed by atoms with Crippen molar-refractivity contribution in [3.63, 3.8) is 0 Å². The normalized spacial score (nSPS) is 23.6. The molecule has 0 spiro atoms. The molecular formula is C40H71O13P. The smallest absolute Gasteiger partial charge is 0.462 e. The van der Waals surface area contributed by atoms with E-state index in [9.17, 15) is 44.6 Å². The van der Waals surface area contributed by atoms with Crippen molar-refractivity contribution < 1.29 is 63.1 Å². The molecule has 1 aliphatic rings. The highest BCUT2D eigenvalue weighted by atomic mass is 31.2.